The van der Waals surface area contributed by atoms with Gasteiger partial charge in [-0.1, -0.05) is 30.3 Å². The second-order valence-corrected chi connectivity index (χ2v) is 7.09. The predicted octanol–water partition coefficient (Wildman–Crippen LogP) is 3.76. The highest BCUT2D eigenvalue weighted by Crippen LogP contribution is 2.22. The first-order valence-electron chi connectivity index (χ1n) is 8.67. The number of carbonyl (C=O) groups excluding carboxylic acids is 2. The zero-order valence-electron chi connectivity index (χ0n) is 14.4. The van der Waals surface area contributed by atoms with Crippen molar-refractivity contribution in [2.75, 3.05) is 11.9 Å². The Morgan fingerprint density at radius 3 is 2.50 bits per heavy atom. The molecule has 6 heteroatoms. The maximum atomic E-state index is 11.8. The van der Waals surface area contributed by atoms with E-state index in [1.165, 1.54) is 4.70 Å². The molecule has 2 aromatic carbocycles. The molecule has 2 N–H and O–H groups in total. The van der Waals surface area contributed by atoms with E-state index in [1.807, 2.05) is 48.5 Å². The number of nitrogens with zero attached hydrogens (tertiary/aromatic N) is 1. The van der Waals surface area contributed by atoms with Crippen molar-refractivity contribution in [3.05, 3.63) is 59.6 Å². The van der Waals surface area contributed by atoms with Crippen LogP contribution in [-0.2, 0) is 16.0 Å². The lowest BCUT2D eigenvalue weighted by Crippen LogP contribution is -2.32. The number of carbonyl (C=O) groups is 2. The molecule has 134 valence electrons. The standard InChI is InChI=1S/C20H21N3O2S/c24-18(21-14-19(25)22-15-8-2-1-3-9-15)12-6-7-13-20-23-16-10-4-5-11-17(16)26-20/h1-5,8-11H,6-7,12-14H2,(H,21,24)(H,22,25). The van der Waals surface area contributed by atoms with Crippen molar-refractivity contribution in [3.63, 3.8) is 0 Å². The number of hydrogen-bond donors (Lipinski definition) is 2. The molecule has 0 bridgehead atoms. The second kappa shape index (κ2) is 9.10. The highest BCUT2D eigenvalue weighted by molar-refractivity contribution is 7.18. The molecule has 5 nitrogen and oxygen atoms in total. The lowest BCUT2D eigenvalue weighted by atomic mass is 10.2. The van der Waals surface area contributed by atoms with E-state index in [1.54, 1.807) is 11.3 Å². The number of aryl methyl sites for hydroxylation is 1. The Hall–Kier alpha value is -2.73. The van der Waals surface area contributed by atoms with Crippen LogP contribution in [-0.4, -0.2) is 23.3 Å². The summed E-state index contributed by atoms with van der Waals surface area (Å²) in [5.41, 5.74) is 1.76. The number of anilines is 1. The number of benzene rings is 2. The van der Waals surface area contributed by atoms with Crippen molar-refractivity contribution in [2.45, 2.75) is 25.7 Å². The lowest BCUT2D eigenvalue weighted by molar-refractivity contribution is -0.124. The van der Waals surface area contributed by atoms with Gasteiger partial charge in [-0.05, 0) is 43.5 Å². The average molecular weight is 367 g/mol. The third-order valence-corrected chi connectivity index (χ3v) is 4.98. The molecule has 3 aromatic rings. The molecule has 0 aliphatic carbocycles. The van der Waals surface area contributed by atoms with Crippen LogP contribution in [0.1, 0.15) is 24.3 Å². The molecule has 0 saturated heterocycles. The Bertz CT molecular complexity index is 844. The van der Waals surface area contributed by atoms with Gasteiger partial charge in [0.1, 0.15) is 0 Å². The Balaban J connectivity index is 1.32. The molecule has 0 unspecified atom stereocenters. The van der Waals surface area contributed by atoms with Gasteiger partial charge in [-0.15, -0.1) is 11.3 Å². The monoisotopic (exact) mass is 367 g/mol. The molecule has 0 fully saturated rings. The van der Waals surface area contributed by atoms with Gasteiger partial charge in [-0.2, -0.15) is 0 Å². The van der Waals surface area contributed by atoms with Crippen molar-refractivity contribution in [1.29, 1.82) is 0 Å². The Kier molecular flexibility index (Phi) is 6.33. The maximum Gasteiger partial charge on any atom is 0.243 e. The minimum atomic E-state index is -0.223. The van der Waals surface area contributed by atoms with Gasteiger partial charge in [0.25, 0.3) is 0 Å². The summed E-state index contributed by atoms with van der Waals surface area (Å²) >= 11 is 1.71. The quantitative estimate of drug-likeness (QED) is 0.596. The molecule has 0 radical (unpaired) electrons. The molecular weight excluding hydrogens is 346 g/mol. The van der Waals surface area contributed by atoms with Gasteiger partial charge in [0.2, 0.25) is 11.8 Å². The molecule has 1 heterocycles. The zero-order chi connectivity index (χ0) is 18.2. The van der Waals surface area contributed by atoms with Crippen molar-refractivity contribution in [1.82, 2.24) is 10.3 Å². The highest BCUT2D eigenvalue weighted by atomic mass is 32.1. The molecule has 3 rings (SSSR count). The van der Waals surface area contributed by atoms with Crippen LogP contribution in [0.15, 0.2) is 54.6 Å². The second-order valence-electron chi connectivity index (χ2n) is 5.97. The van der Waals surface area contributed by atoms with Crippen LogP contribution in [0.25, 0.3) is 10.2 Å². The SMILES string of the molecule is O=C(CCCCc1nc2ccccc2s1)NCC(=O)Nc1ccccc1. The van der Waals surface area contributed by atoms with Crippen LogP contribution in [0.4, 0.5) is 5.69 Å². The third-order valence-electron chi connectivity index (χ3n) is 3.89. The van der Waals surface area contributed by atoms with E-state index in [0.717, 1.165) is 35.5 Å². The summed E-state index contributed by atoms with van der Waals surface area (Å²) in [7, 11) is 0. The third kappa shape index (κ3) is 5.39. The Morgan fingerprint density at radius 2 is 1.69 bits per heavy atom. The topological polar surface area (TPSA) is 71.1 Å². The van der Waals surface area contributed by atoms with Crippen molar-refractivity contribution < 1.29 is 9.59 Å². The number of hydrogen-bond acceptors (Lipinski definition) is 4. The molecule has 0 aliphatic heterocycles. The maximum absolute atomic E-state index is 11.8. The molecule has 0 atom stereocenters. The molecule has 0 spiro atoms. The first-order valence-corrected chi connectivity index (χ1v) is 9.48. The smallest absolute Gasteiger partial charge is 0.243 e. The van der Waals surface area contributed by atoms with E-state index in [4.69, 9.17) is 0 Å². The summed E-state index contributed by atoms with van der Waals surface area (Å²) in [5, 5.41) is 6.50. The number of thiazole rings is 1. The van der Waals surface area contributed by atoms with Gasteiger partial charge >= 0.3 is 0 Å². The van der Waals surface area contributed by atoms with Crippen molar-refractivity contribution in [3.8, 4) is 0 Å². The number of amides is 2. The molecule has 0 saturated carbocycles. The number of aromatic nitrogens is 1. The van der Waals surface area contributed by atoms with Crippen LogP contribution >= 0.6 is 11.3 Å². The number of unbranched alkanes of at least 4 members (excludes halogenated alkanes) is 1. The molecular formula is C20H21N3O2S. The summed E-state index contributed by atoms with van der Waals surface area (Å²) in [6, 6.07) is 17.3. The van der Waals surface area contributed by atoms with Crippen LogP contribution in [0.3, 0.4) is 0 Å². The average Bonchev–Trinajstić information content (AvgIpc) is 3.07. The molecule has 2 amide bonds. The van der Waals surface area contributed by atoms with E-state index in [0.29, 0.717) is 6.42 Å². The number of nitrogens with one attached hydrogen (secondary N) is 2. The Labute approximate surface area is 156 Å². The van der Waals surface area contributed by atoms with E-state index >= 15 is 0 Å². The number of rotatable bonds is 8. The van der Waals surface area contributed by atoms with Crippen LogP contribution in [0, 0.1) is 0 Å². The van der Waals surface area contributed by atoms with E-state index < -0.39 is 0 Å². The summed E-state index contributed by atoms with van der Waals surface area (Å²) in [6.07, 6.45) is 2.98. The van der Waals surface area contributed by atoms with Gasteiger partial charge in [-0.25, -0.2) is 4.98 Å². The molecule has 1 aromatic heterocycles. The fraction of sp³-hybridized carbons (Fsp3) is 0.250. The van der Waals surface area contributed by atoms with E-state index in [9.17, 15) is 9.59 Å². The first kappa shape index (κ1) is 18.1. The van der Waals surface area contributed by atoms with Gasteiger partial charge in [-0.3, -0.25) is 9.59 Å². The summed E-state index contributed by atoms with van der Waals surface area (Å²) in [4.78, 5) is 28.2. The lowest BCUT2D eigenvalue weighted by Gasteiger charge is -2.06. The van der Waals surface area contributed by atoms with Crippen LogP contribution in [0.5, 0.6) is 0 Å². The molecule has 0 aliphatic rings. The molecule has 26 heavy (non-hydrogen) atoms. The highest BCUT2D eigenvalue weighted by Gasteiger charge is 2.07. The Morgan fingerprint density at radius 1 is 0.923 bits per heavy atom. The summed E-state index contributed by atoms with van der Waals surface area (Å²) < 4.78 is 1.20. The largest absolute Gasteiger partial charge is 0.347 e. The fourth-order valence-electron chi connectivity index (χ4n) is 2.58. The summed E-state index contributed by atoms with van der Waals surface area (Å²) in [5.74, 6) is -0.323. The van der Waals surface area contributed by atoms with Crippen LogP contribution in [0.2, 0.25) is 0 Å². The normalized spacial score (nSPS) is 10.6. The fourth-order valence-corrected chi connectivity index (χ4v) is 3.59. The van der Waals surface area contributed by atoms with Gasteiger partial charge in [0.15, 0.2) is 0 Å². The van der Waals surface area contributed by atoms with Crippen LogP contribution < -0.4 is 10.6 Å². The predicted molar refractivity (Wildman–Crippen MR) is 105 cm³/mol. The zero-order valence-corrected chi connectivity index (χ0v) is 15.2. The van der Waals surface area contributed by atoms with E-state index in [2.05, 4.69) is 21.7 Å². The van der Waals surface area contributed by atoms with Gasteiger partial charge in [0, 0.05) is 12.1 Å². The van der Waals surface area contributed by atoms with Gasteiger partial charge in [0.05, 0.1) is 21.8 Å². The van der Waals surface area contributed by atoms with Crippen molar-refractivity contribution in [2.24, 2.45) is 0 Å². The minimum Gasteiger partial charge on any atom is -0.347 e. The number of fused-ring (bicyclic) bond motifs is 1. The van der Waals surface area contributed by atoms with Crippen molar-refractivity contribution >= 4 is 39.1 Å². The number of para-hydroxylation sites is 2. The minimum absolute atomic E-state index is 0.00834. The summed E-state index contributed by atoms with van der Waals surface area (Å²) in [6.45, 7) is -0.00834. The van der Waals surface area contributed by atoms with E-state index in [-0.39, 0.29) is 18.4 Å². The van der Waals surface area contributed by atoms with Gasteiger partial charge < -0.3 is 10.6 Å². The first-order chi connectivity index (χ1) is 12.7.